The van der Waals surface area contributed by atoms with Crippen LogP contribution in [0.4, 0.5) is 17.6 Å². The number of aliphatic imine (C=N–C) groups is 1. The summed E-state index contributed by atoms with van der Waals surface area (Å²) in [6, 6.07) is 21.8. The average Bonchev–Trinajstić information content (AvgIpc) is 2.92. The van der Waals surface area contributed by atoms with Gasteiger partial charge in [-0.25, -0.2) is 4.39 Å². The highest BCUT2D eigenvalue weighted by Gasteiger charge is 2.44. The molecule has 0 bridgehead atoms. The minimum atomic E-state index is -4.60. The first-order chi connectivity index (χ1) is 18.3. The Kier molecular flexibility index (Phi) is 7.34. The van der Waals surface area contributed by atoms with Crippen LogP contribution in [-0.4, -0.2) is 40.7 Å². The normalized spacial score (nSPS) is 20.4. The summed E-state index contributed by atoms with van der Waals surface area (Å²) in [6.45, 7) is 3.06. The van der Waals surface area contributed by atoms with E-state index in [0.29, 0.717) is 32.0 Å². The van der Waals surface area contributed by atoms with E-state index in [1.807, 2.05) is 77.4 Å². The molecule has 38 heavy (non-hydrogen) atoms. The van der Waals surface area contributed by atoms with Gasteiger partial charge in [0.15, 0.2) is 0 Å². The fourth-order valence-electron chi connectivity index (χ4n) is 5.50. The van der Waals surface area contributed by atoms with Gasteiger partial charge < -0.3 is 0 Å². The summed E-state index contributed by atoms with van der Waals surface area (Å²) in [5, 5.41) is 0. The lowest BCUT2D eigenvalue weighted by atomic mass is 9.86. The van der Waals surface area contributed by atoms with Gasteiger partial charge in [0, 0.05) is 31.6 Å². The van der Waals surface area contributed by atoms with Gasteiger partial charge in [0.05, 0.1) is 23.6 Å². The molecule has 198 valence electrons. The Labute approximate surface area is 219 Å². The molecule has 2 heterocycles. The quantitative estimate of drug-likeness (QED) is 0.347. The summed E-state index contributed by atoms with van der Waals surface area (Å²) < 4.78 is 53.5. The van der Waals surface area contributed by atoms with Gasteiger partial charge in [0.1, 0.15) is 11.7 Å². The molecule has 3 aromatic carbocycles. The zero-order valence-corrected chi connectivity index (χ0v) is 21.0. The number of nitrogens with zero attached hydrogens (tertiary/aromatic N) is 3. The van der Waals surface area contributed by atoms with Crippen molar-refractivity contribution in [2.45, 2.75) is 44.6 Å². The summed E-state index contributed by atoms with van der Waals surface area (Å²) in [5.41, 5.74) is 1.13. The van der Waals surface area contributed by atoms with Gasteiger partial charge in [-0.3, -0.25) is 19.6 Å². The molecule has 0 spiro atoms. The Morgan fingerprint density at radius 1 is 0.974 bits per heavy atom. The molecule has 0 aliphatic carbocycles. The smallest absolute Gasteiger partial charge is 0.298 e. The van der Waals surface area contributed by atoms with E-state index < -0.39 is 23.5 Å². The minimum Gasteiger partial charge on any atom is -0.298 e. The van der Waals surface area contributed by atoms with Crippen LogP contribution in [0.3, 0.4) is 0 Å². The van der Waals surface area contributed by atoms with E-state index in [0.717, 1.165) is 23.0 Å². The number of carbonyl (C=O) groups excluding carboxylic acids is 1. The maximum Gasteiger partial charge on any atom is 0.416 e. The van der Waals surface area contributed by atoms with Crippen molar-refractivity contribution in [3.63, 3.8) is 0 Å². The summed E-state index contributed by atoms with van der Waals surface area (Å²) >= 11 is 0. The molecule has 0 saturated carbocycles. The van der Waals surface area contributed by atoms with Crippen molar-refractivity contribution in [1.82, 2.24) is 9.80 Å². The van der Waals surface area contributed by atoms with Crippen molar-refractivity contribution in [3.8, 4) is 0 Å². The Hall–Kier alpha value is -3.52. The number of benzene rings is 3. The van der Waals surface area contributed by atoms with E-state index >= 15 is 0 Å². The number of hydrogen-bond donors (Lipinski definition) is 0. The number of piperidine rings is 1. The topological polar surface area (TPSA) is 35.9 Å². The first-order valence-corrected chi connectivity index (χ1v) is 12.8. The molecular formula is C30H29F4N3O. The highest BCUT2D eigenvalue weighted by Crippen LogP contribution is 2.37. The van der Waals surface area contributed by atoms with Gasteiger partial charge >= 0.3 is 6.18 Å². The number of amides is 1. The maximum absolute atomic E-state index is 14.6. The van der Waals surface area contributed by atoms with Gasteiger partial charge in [-0.15, -0.1) is 0 Å². The maximum atomic E-state index is 14.6. The second-order valence-electron chi connectivity index (χ2n) is 9.83. The number of carbonyl (C=O) groups is 1. The van der Waals surface area contributed by atoms with Crippen molar-refractivity contribution in [1.29, 1.82) is 0 Å². The summed E-state index contributed by atoms with van der Waals surface area (Å²) in [7, 11) is 0. The van der Waals surface area contributed by atoms with Crippen LogP contribution in [0.15, 0.2) is 83.9 Å². The minimum absolute atomic E-state index is 0.0304. The van der Waals surface area contributed by atoms with Crippen LogP contribution in [0.25, 0.3) is 0 Å². The number of hydrogen-bond acceptors (Lipinski definition) is 3. The first kappa shape index (κ1) is 26.1. The summed E-state index contributed by atoms with van der Waals surface area (Å²) in [4.78, 5) is 22.9. The number of halogens is 4. The molecule has 2 aliphatic heterocycles. The SMILES string of the molecule is CCC1=NC2CCN(Cc3ccc(C(F)(F)F)cc3F)CC2C(=O)N1C(c1ccccc1)c1ccccc1. The second-order valence-corrected chi connectivity index (χ2v) is 9.83. The molecule has 3 aromatic rings. The molecule has 0 aromatic heterocycles. The molecule has 8 heteroatoms. The largest absolute Gasteiger partial charge is 0.416 e. The molecule has 5 rings (SSSR count). The highest BCUT2D eigenvalue weighted by molar-refractivity contribution is 6.02. The van der Waals surface area contributed by atoms with Gasteiger partial charge in [-0.1, -0.05) is 73.7 Å². The number of amidine groups is 1. The third kappa shape index (κ3) is 5.23. The van der Waals surface area contributed by atoms with Crippen molar-refractivity contribution >= 4 is 11.7 Å². The van der Waals surface area contributed by atoms with E-state index in [2.05, 4.69) is 0 Å². The van der Waals surface area contributed by atoms with Crippen molar-refractivity contribution in [3.05, 3.63) is 107 Å². The van der Waals surface area contributed by atoms with Crippen LogP contribution >= 0.6 is 0 Å². The molecule has 2 unspecified atom stereocenters. The Bertz CT molecular complexity index is 1270. The van der Waals surface area contributed by atoms with Crippen LogP contribution in [0, 0.1) is 11.7 Å². The zero-order valence-electron chi connectivity index (χ0n) is 21.0. The third-order valence-electron chi connectivity index (χ3n) is 7.39. The Morgan fingerprint density at radius 3 is 2.16 bits per heavy atom. The number of likely N-dealkylation sites (tertiary alicyclic amines) is 1. The molecule has 0 radical (unpaired) electrons. The fraction of sp³-hybridized carbons (Fsp3) is 0.333. The van der Waals surface area contributed by atoms with Crippen LogP contribution in [0.5, 0.6) is 0 Å². The van der Waals surface area contributed by atoms with Crippen molar-refractivity contribution in [2.24, 2.45) is 10.9 Å². The molecule has 4 nitrogen and oxygen atoms in total. The van der Waals surface area contributed by atoms with E-state index in [1.54, 1.807) is 0 Å². The second kappa shape index (κ2) is 10.7. The van der Waals surface area contributed by atoms with E-state index in [4.69, 9.17) is 4.99 Å². The number of fused-ring (bicyclic) bond motifs is 1. The van der Waals surface area contributed by atoms with Gasteiger partial charge in [-0.05, 0) is 29.7 Å². The predicted octanol–water partition coefficient (Wildman–Crippen LogP) is 6.48. The van der Waals surface area contributed by atoms with Crippen molar-refractivity contribution < 1.29 is 22.4 Å². The van der Waals surface area contributed by atoms with E-state index in [-0.39, 0.29) is 30.1 Å². The molecule has 2 aliphatic rings. The van der Waals surface area contributed by atoms with Crippen LogP contribution in [0.2, 0.25) is 0 Å². The van der Waals surface area contributed by atoms with Crippen LogP contribution < -0.4 is 0 Å². The lowest BCUT2D eigenvalue weighted by molar-refractivity contribution is -0.138. The number of rotatable bonds is 6. The van der Waals surface area contributed by atoms with Crippen molar-refractivity contribution in [2.75, 3.05) is 13.1 Å². The lowest BCUT2D eigenvalue weighted by Gasteiger charge is -2.45. The zero-order chi connectivity index (χ0) is 26.9. The Morgan fingerprint density at radius 2 is 1.61 bits per heavy atom. The van der Waals surface area contributed by atoms with Crippen LogP contribution in [-0.2, 0) is 17.5 Å². The predicted molar refractivity (Wildman–Crippen MR) is 138 cm³/mol. The third-order valence-corrected chi connectivity index (χ3v) is 7.39. The first-order valence-electron chi connectivity index (χ1n) is 12.8. The van der Waals surface area contributed by atoms with Gasteiger partial charge in [0.25, 0.3) is 0 Å². The van der Waals surface area contributed by atoms with Gasteiger partial charge in [0.2, 0.25) is 5.91 Å². The summed E-state index contributed by atoms with van der Waals surface area (Å²) in [5.74, 6) is -0.599. The number of alkyl halides is 3. The molecule has 1 amide bonds. The Balaban J connectivity index is 1.43. The molecular weight excluding hydrogens is 494 g/mol. The molecule has 1 fully saturated rings. The average molecular weight is 524 g/mol. The lowest BCUT2D eigenvalue weighted by Crippen LogP contribution is -2.56. The van der Waals surface area contributed by atoms with E-state index in [9.17, 15) is 22.4 Å². The highest BCUT2D eigenvalue weighted by atomic mass is 19.4. The van der Waals surface area contributed by atoms with Crippen LogP contribution in [0.1, 0.15) is 48.1 Å². The monoisotopic (exact) mass is 523 g/mol. The standard InChI is InChI=1S/C30H29F4N3O/c1-2-27-35-26-15-16-36(18-22-13-14-23(17-25(22)31)30(32,33)34)19-24(26)29(38)37(27)28(20-9-5-3-6-10-20)21-11-7-4-8-12-21/h3-14,17,24,26,28H,2,15-16,18-19H2,1H3. The van der Waals surface area contributed by atoms with E-state index in [1.165, 1.54) is 6.07 Å². The molecule has 1 saturated heterocycles. The summed E-state index contributed by atoms with van der Waals surface area (Å²) in [6.07, 6.45) is -3.37. The molecule has 2 atom stereocenters. The fourth-order valence-corrected chi connectivity index (χ4v) is 5.50. The molecule has 0 N–H and O–H groups in total. The van der Waals surface area contributed by atoms with Gasteiger partial charge in [-0.2, -0.15) is 13.2 Å².